The number of amides is 2. The zero-order valence-electron chi connectivity index (χ0n) is 17.4. The highest BCUT2D eigenvalue weighted by Crippen LogP contribution is 2.35. The maximum Gasteiger partial charge on any atom is 0.255 e. The molecule has 1 saturated heterocycles. The fourth-order valence-corrected chi connectivity index (χ4v) is 4.39. The van der Waals surface area contributed by atoms with Crippen LogP contribution in [0.1, 0.15) is 33.8 Å². The number of aryl methyl sites for hydroxylation is 1. The Morgan fingerprint density at radius 1 is 1.09 bits per heavy atom. The molecule has 7 nitrogen and oxygen atoms in total. The van der Waals surface area contributed by atoms with Crippen LogP contribution in [0, 0.1) is 0 Å². The van der Waals surface area contributed by atoms with Crippen LogP contribution < -0.4 is 10.1 Å². The van der Waals surface area contributed by atoms with Crippen molar-refractivity contribution in [3.05, 3.63) is 83.7 Å². The highest BCUT2D eigenvalue weighted by Gasteiger charge is 2.37. The molecule has 1 aromatic heterocycles. The van der Waals surface area contributed by atoms with Crippen LogP contribution in [-0.2, 0) is 11.2 Å². The third-order valence-corrected chi connectivity index (χ3v) is 6.04. The number of nitrogens with zero attached hydrogens (tertiary/aromatic N) is 2. The van der Waals surface area contributed by atoms with E-state index in [1.807, 2.05) is 24.3 Å². The highest BCUT2D eigenvalue weighted by atomic mass is 16.5. The normalized spacial score (nSPS) is 20.1. The van der Waals surface area contributed by atoms with Crippen molar-refractivity contribution < 1.29 is 19.4 Å². The Labute approximate surface area is 185 Å². The van der Waals surface area contributed by atoms with Crippen molar-refractivity contribution in [1.82, 2.24) is 15.2 Å². The zero-order chi connectivity index (χ0) is 22.1. The van der Waals surface area contributed by atoms with E-state index in [0.29, 0.717) is 43.0 Å². The molecule has 1 fully saturated rings. The molecule has 7 heteroatoms. The summed E-state index contributed by atoms with van der Waals surface area (Å²) in [5, 5.41) is 13.4. The Balaban J connectivity index is 1.49. The van der Waals surface area contributed by atoms with Gasteiger partial charge in [0, 0.05) is 37.8 Å². The van der Waals surface area contributed by atoms with Gasteiger partial charge in [-0.25, -0.2) is 0 Å². The average Bonchev–Trinajstić information content (AvgIpc) is 3.23. The number of hydrogen-bond acceptors (Lipinski definition) is 5. The number of likely N-dealkylation sites (tertiary alicyclic amines) is 1. The molecule has 32 heavy (non-hydrogen) atoms. The van der Waals surface area contributed by atoms with E-state index in [4.69, 9.17) is 4.74 Å². The lowest BCUT2D eigenvalue weighted by atomic mass is 9.94. The molecule has 0 aliphatic carbocycles. The van der Waals surface area contributed by atoms with E-state index in [2.05, 4.69) is 10.3 Å². The summed E-state index contributed by atoms with van der Waals surface area (Å²) in [6.07, 6.45) is 4.02. The first-order chi connectivity index (χ1) is 15.6. The van der Waals surface area contributed by atoms with Crippen molar-refractivity contribution >= 4 is 11.8 Å². The lowest BCUT2D eigenvalue weighted by molar-refractivity contribution is -0.121. The number of fused-ring (bicyclic) bond motifs is 6. The quantitative estimate of drug-likeness (QED) is 0.620. The minimum Gasteiger partial charge on any atom is -0.504 e. The maximum atomic E-state index is 13.0. The summed E-state index contributed by atoms with van der Waals surface area (Å²) in [5.74, 6) is 0.743. The smallest absolute Gasteiger partial charge is 0.255 e. The van der Waals surface area contributed by atoms with Gasteiger partial charge < -0.3 is 20.1 Å². The Hall–Kier alpha value is -3.87. The lowest BCUT2D eigenvalue weighted by Crippen LogP contribution is -2.40. The van der Waals surface area contributed by atoms with Gasteiger partial charge in [-0.3, -0.25) is 14.6 Å². The number of phenolic OH excluding ortho intramolecular Hbond substituents is 1. The van der Waals surface area contributed by atoms with Crippen LogP contribution in [0.15, 0.2) is 67.0 Å². The first-order valence-corrected chi connectivity index (χ1v) is 10.7. The first kappa shape index (κ1) is 20.1. The van der Waals surface area contributed by atoms with Crippen LogP contribution in [0.4, 0.5) is 0 Å². The number of phenols is 1. The summed E-state index contributed by atoms with van der Waals surface area (Å²) in [5.41, 5.74) is 2.39. The molecule has 162 valence electrons. The van der Waals surface area contributed by atoms with Gasteiger partial charge >= 0.3 is 0 Å². The third kappa shape index (κ3) is 4.01. The molecule has 3 aromatic rings. The van der Waals surface area contributed by atoms with Gasteiger partial charge in [-0.15, -0.1) is 0 Å². The Kier molecular flexibility index (Phi) is 5.23. The molecule has 2 atom stereocenters. The van der Waals surface area contributed by atoms with E-state index in [1.165, 1.54) is 0 Å². The lowest BCUT2D eigenvalue weighted by Gasteiger charge is -2.20. The minimum atomic E-state index is -0.212. The van der Waals surface area contributed by atoms with E-state index in [-0.39, 0.29) is 29.5 Å². The minimum absolute atomic E-state index is 0.0467. The predicted octanol–water partition coefficient (Wildman–Crippen LogP) is 3.25. The Bertz CT molecular complexity index is 1160. The zero-order valence-corrected chi connectivity index (χ0v) is 17.4. The van der Waals surface area contributed by atoms with Crippen molar-refractivity contribution in [2.45, 2.75) is 24.8 Å². The van der Waals surface area contributed by atoms with Gasteiger partial charge in [0.25, 0.3) is 5.91 Å². The van der Waals surface area contributed by atoms with Crippen LogP contribution in [0.25, 0.3) is 0 Å². The number of pyridine rings is 1. The van der Waals surface area contributed by atoms with E-state index >= 15 is 0 Å². The molecule has 0 spiro atoms. The topological polar surface area (TPSA) is 91.8 Å². The van der Waals surface area contributed by atoms with Crippen LogP contribution in [0.5, 0.6) is 17.2 Å². The number of carbonyl (C=O) groups excluding carboxylic acids is 2. The molecule has 3 heterocycles. The van der Waals surface area contributed by atoms with Crippen LogP contribution in [0.2, 0.25) is 0 Å². The van der Waals surface area contributed by atoms with E-state index in [1.54, 1.807) is 47.6 Å². The molecular weight excluding hydrogens is 406 g/mol. The second-order valence-electron chi connectivity index (χ2n) is 8.21. The largest absolute Gasteiger partial charge is 0.504 e. The number of rotatable bonds is 1. The standard InChI is InChI=1S/C25H23N3O4/c29-22-8-6-16-7-9-24(30)27-21-15-28(25(31)18-4-2-10-26-13-18)14-20(21)17-3-1-5-19(12-17)32-23(22)11-16/h1-6,8,10-13,20-21,29H,7,9,14-15H2,(H,27,30)/t20-,21+/m0/s1. The third-order valence-electron chi connectivity index (χ3n) is 6.04. The summed E-state index contributed by atoms with van der Waals surface area (Å²) in [6, 6.07) is 16.0. The number of nitrogens with one attached hydrogen (secondary N) is 1. The van der Waals surface area contributed by atoms with Crippen molar-refractivity contribution in [2.24, 2.45) is 0 Å². The fraction of sp³-hybridized carbons (Fsp3) is 0.240. The van der Waals surface area contributed by atoms with E-state index < -0.39 is 0 Å². The maximum absolute atomic E-state index is 13.0. The number of hydrogen-bond donors (Lipinski definition) is 2. The SMILES string of the molecule is O=C1CCc2ccc(O)c(c2)Oc2cccc(c2)[C@@H]2CN(C(=O)c3cccnc3)C[C@H]2N1. The number of carbonyl (C=O) groups is 2. The first-order valence-electron chi connectivity index (χ1n) is 10.7. The van der Waals surface area contributed by atoms with Crippen LogP contribution in [-0.4, -0.2) is 45.9 Å². The Morgan fingerprint density at radius 2 is 2.00 bits per heavy atom. The van der Waals surface area contributed by atoms with Gasteiger partial charge in [0.05, 0.1) is 11.6 Å². The van der Waals surface area contributed by atoms with Gasteiger partial charge in [0.1, 0.15) is 5.75 Å². The molecule has 0 saturated carbocycles. The van der Waals surface area contributed by atoms with Crippen LogP contribution in [0.3, 0.4) is 0 Å². The Morgan fingerprint density at radius 3 is 2.84 bits per heavy atom. The number of aromatic nitrogens is 1. The number of ether oxygens (including phenoxy) is 1. The van der Waals surface area contributed by atoms with Crippen molar-refractivity contribution in [2.75, 3.05) is 13.1 Å². The van der Waals surface area contributed by atoms with Crippen molar-refractivity contribution in [3.63, 3.8) is 0 Å². The van der Waals surface area contributed by atoms with Gasteiger partial charge in [0.15, 0.2) is 11.5 Å². The van der Waals surface area contributed by atoms with Crippen molar-refractivity contribution in [3.8, 4) is 17.2 Å². The molecule has 0 unspecified atom stereocenters. The number of benzene rings is 2. The molecule has 5 rings (SSSR count). The van der Waals surface area contributed by atoms with Crippen molar-refractivity contribution in [1.29, 1.82) is 0 Å². The molecular formula is C25H23N3O4. The second-order valence-corrected chi connectivity index (χ2v) is 8.21. The molecule has 0 radical (unpaired) electrons. The molecule has 2 N–H and O–H groups in total. The molecule has 2 amide bonds. The highest BCUT2D eigenvalue weighted by molar-refractivity contribution is 5.94. The van der Waals surface area contributed by atoms with Gasteiger partial charge in [-0.05, 0) is 53.9 Å². The summed E-state index contributed by atoms with van der Waals surface area (Å²) >= 11 is 0. The monoisotopic (exact) mass is 429 g/mol. The fourth-order valence-electron chi connectivity index (χ4n) is 4.39. The summed E-state index contributed by atoms with van der Waals surface area (Å²) in [7, 11) is 0. The van der Waals surface area contributed by atoms with Crippen LogP contribution >= 0.6 is 0 Å². The van der Waals surface area contributed by atoms with E-state index in [9.17, 15) is 14.7 Å². The predicted molar refractivity (Wildman–Crippen MR) is 118 cm³/mol. The summed E-state index contributed by atoms with van der Waals surface area (Å²) < 4.78 is 5.98. The average molecular weight is 429 g/mol. The molecule has 4 bridgehead atoms. The van der Waals surface area contributed by atoms with Gasteiger partial charge in [-0.2, -0.15) is 0 Å². The van der Waals surface area contributed by atoms with Gasteiger partial charge in [0.2, 0.25) is 5.91 Å². The number of aromatic hydroxyl groups is 1. The molecule has 2 aliphatic rings. The van der Waals surface area contributed by atoms with Gasteiger partial charge in [-0.1, -0.05) is 18.2 Å². The summed E-state index contributed by atoms with van der Waals surface area (Å²) in [6.45, 7) is 0.894. The molecule has 2 aromatic carbocycles. The molecule has 2 aliphatic heterocycles. The second kappa shape index (κ2) is 8.34. The summed E-state index contributed by atoms with van der Waals surface area (Å²) in [4.78, 5) is 31.6. The van der Waals surface area contributed by atoms with E-state index in [0.717, 1.165) is 11.1 Å².